The molecular formula is C29H35N3O4. The number of anilines is 1. The van der Waals surface area contributed by atoms with Crippen molar-refractivity contribution in [2.45, 2.75) is 31.7 Å². The van der Waals surface area contributed by atoms with Gasteiger partial charge in [0.15, 0.2) is 11.4 Å². The molecule has 1 aliphatic rings. The molecule has 0 bridgehead atoms. The van der Waals surface area contributed by atoms with E-state index in [4.69, 9.17) is 9.47 Å². The van der Waals surface area contributed by atoms with Crippen molar-refractivity contribution in [3.63, 3.8) is 0 Å². The molecule has 36 heavy (non-hydrogen) atoms. The summed E-state index contributed by atoms with van der Waals surface area (Å²) in [5.74, 6) is -0.151. The van der Waals surface area contributed by atoms with Gasteiger partial charge in [-0.15, -0.1) is 0 Å². The number of rotatable bonds is 11. The summed E-state index contributed by atoms with van der Waals surface area (Å²) in [6.45, 7) is 3.75. The second-order valence-electron chi connectivity index (χ2n) is 9.02. The van der Waals surface area contributed by atoms with E-state index in [0.29, 0.717) is 37.7 Å². The minimum absolute atomic E-state index is 0.0556. The largest absolute Gasteiger partial charge is 0.487 e. The smallest absolute Gasteiger partial charge is 0.274 e. The molecule has 0 saturated carbocycles. The van der Waals surface area contributed by atoms with E-state index in [1.54, 1.807) is 25.3 Å². The predicted octanol–water partition coefficient (Wildman–Crippen LogP) is 4.54. The zero-order valence-electron chi connectivity index (χ0n) is 21.3. The summed E-state index contributed by atoms with van der Waals surface area (Å²) >= 11 is 0. The second kappa shape index (κ2) is 11.9. The Morgan fingerprint density at radius 1 is 1.00 bits per heavy atom. The van der Waals surface area contributed by atoms with Crippen molar-refractivity contribution in [1.29, 1.82) is 0 Å². The minimum atomic E-state index is -0.295. The maximum absolute atomic E-state index is 13.8. The van der Waals surface area contributed by atoms with E-state index in [1.165, 1.54) is 0 Å². The molecule has 7 heteroatoms. The van der Waals surface area contributed by atoms with Crippen LogP contribution in [0.4, 0.5) is 5.69 Å². The van der Waals surface area contributed by atoms with E-state index in [2.05, 4.69) is 36.5 Å². The maximum atomic E-state index is 13.8. The molecule has 1 aliphatic heterocycles. The normalized spacial score (nSPS) is 15.2. The number of fused-ring (bicyclic) bond motifs is 1. The summed E-state index contributed by atoms with van der Waals surface area (Å²) in [6.07, 6.45) is 3.50. The van der Waals surface area contributed by atoms with Crippen molar-refractivity contribution in [3.05, 3.63) is 93.9 Å². The highest BCUT2D eigenvalue weighted by molar-refractivity contribution is 5.96. The first-order valence-electron chi connectivity index (χ1n) is 12.6. The zero-order chi connectivity index (χ0) is 25.5. The maximum Gasteiger partial charge on any atom is 0.274 e. The molecule has 2 aromatic carbocycles. The highest BCUT2D eigenvalue weighted by atomic mass is 16.5. The topological polar surface area (TPSA) is 72.8 Å². The molecule has 3 aromatic rings. The molecule has 1 atom stereocenters. The van der Waals surface area contributed by atoms with Gasteiger partial charge >= 0.3 is 0 Å². The zero-order valence-corrected chi connectivity index (χ0v) is 21.3. The number of nitrogens with one attached hydrogen (secondary N) is 1. The Hall–Kier alpha value is -3.58. The van der Waals surface area contributed by atoms with Gasteiger partial charge in [-0.1, -0.05) is 74.0 Å². The third-order valence-electron chi connectivity index (χ3n) is 6.73. The number of amides is 1. The highest BCUT2D eigenvalue weighted by Crippen LogP contribution is 2.40. The van der Waals surface area contributed by atoms with Crippen molar-refractivity contribution in [3.8, 4) is 5.75 Å². The molecule has 1 aromatic heterocycles. The molecule has 1 amide bonds. The van der Waals surface area contributed by atoms with E-state index in [1.807, 2.05) is 41.0 Å². The quantitative estimate of drug-likeness (QED) is 0.400. The summed E-state index contributed by atoms with van der Waals surface area (Å²) in [4.78, 5) is 28.9. The highest BCUT2D eigenvalue weighted by Gasteiger charge is 2.39. The van der Waals surface area contributed by atoms with Crippen molar-refractivity contribution < 1.29 is 14.3 Å². The summed E-state index contributed by atoms with van der Waals surface area (Å²) < 4.78 is 13.3. The lowest BCUT2D eigenvalue weighted by Gasteiger charge is -2.41. The van der Waals surface area contributed by atoms with Gasteiger partial charge in [0.1, 0.15) is 5.69 Å². The third-order valence-corrected chi connectivity index (χ3v) is 6.73. The van der Waals surface area contributed by atoms with Crippen LogP contribution in [0.2, 0.25) is 0 Å². The van der Waals surface area contributed by atoms with E-state index in [0.717, 1.165) is 24.0 Å². The van der Waals surface area contributed by atoms with Crippen LogP contribution in [0.1, 0.15) is 53.3 Å². The molecule has 0 unspecified atom stereocenters. The van der Waals surface area contributed by atoms with Crippen LogP contribution in [0.25, 0.3) is 0 Å². The Bertz CT molecular complexity index is 1170. The molecular weight excluding hydrogens is 454 g/mol. The standard InChI is InChI=1S/C29H35N3O4/c1-4-5-17-36-28-26-29(34)31(16-18-35-3)20-24(32(26)19-23(30-2)27(28)33)25(21-12-8-6-9-13-21)22-14-10-7-11-15-22/h6-15,19,24-25,30H,4-5,16-18,20H2,1-3H3/t24-/m1/s1. The number of pyridine rings is 1. The summed E-state index contributed by atoms with van der Waals surface area (Å²) in [7, 11) is 3.34. The van der Waals surface area contributed by atoms with Gasteiger partial charge in [0.25, 0.3) is 5.91 Å². The monoisotopic (exact) mass is 489 g/mol. The lowest BCUT2D eigenvalue weighted by molar-refractivity contribution is 0.0580. The van der Waals surface area contributed by atoms with Crippen molar-refractivity contribution in [2.24, 2.45) is 0 Å². The first-order chi connectivity index (χ1) is 17.6. The number of nitrogens with zero attached hydrogens (tertiary/aromatic N) is 2. The van der Waals surface area contributed by atoms with Gasteiger partial charge in [-0.3, -0.25) is 9.59 Å². The molecule has 0 aliphatic carbocycles. The van der Waals surface area contributed by atoms with Gasteiger partial charge in [0.05, 0.1) is 19.3 Å². The lowest BCUT2D eigenvalue weighted by Crippen LogP contribution is -2.47. The molecule has 190 valence electrons. The summed E-state index contributed by atoms with van der Waals surface area (Å²) in [6, 6.07) is 20.5. The van der Waals surface area contributed by atoms with Crippen LogP contribution in [0.15, 0.2) is 71.7 Å². The first-order valence-corrected chi connectivity index (χ1v) is 12.6. The Labute approximate surface area is 212 Å². The van der Waals surface area contributed by atoms with Gasteiger partial charge in [-0.2, -0.15) is 0 Å². The number of aromatic nitrogens is 1. The fourth-order valence-corrected chi connectivity index (χ4v) is 4.87. The Morgan fingerprint density at radius 2 is 1.64 bits per heavy atom. The number of carbonyl (C=O) groups excluding carboxylic acids is 1. The van der Waals surface area contributed by atoms with Crippen LogP contribution < -0.4 is 15.5 Å². The summed E-state index contributed by atoms with van der Waals surface area (Å²) in [5.41, 5.74) is 2.70. The molecule has 2 heterocycles. The van der Waals surface area contributed by atoms with Gasteiger partial charge in [0, 0.05) is 39.4 Å². The summed E-state index contributed by atoms with van der Waals surface area (Å²) in [5, 5.41) is 3.02. The third kappa shape index (κ3) is 5.16. The second-order valence-corrected chi connectivity index (χ2v) is 9.02. The molecule has 0 saturated heterocycles. The van der Waals surface area contributed by atoms with Crippen LogP contribution in [0, 0.1) is 0 Å². The number of carbonyl (C=O) groups is 1. The Morgan fingerprint density at radius 3 is 2.19 bits per heavy atom. The van der Waals surface area contributed by atoms with E-state index >= 15 is 0 Å². The number of unbranched alkanes of at least 4 members (excludes halogenated alkanes) is 1. The Kier molecular flexibility index (Phi) is 8.44. The van der Waals surface area contributed by atoms with Crippen LogP contribution in [-0.2, 0) is 4.74 Å². The van der Waals surface area contributed by atoms with Crippen LogP contribution >= 0.6 is 0 Å². The fourth-order valence-electron chi connectivity index (χ4n) is 4.87. The van der Waals surface area contributed by atoms with Crippen molar-refractivity contribution in [1.82, 2.24) is 9.47 Å². The minimum Gasteiger partial charge on any atom is -0.487 e. The van der Waals surface area contributed by atoms with Crippen molar-refractivity contribution >= 4 is 11.6 Å². The van der Waals surface area contributed by atoms with Crippen LogP contribution in [0.3, 0.4) is 0 Å². The molecule has 4 rings (SSSR count). The van der Waals surface area contributed by atoms with Crippen molar-refractivity contribution in [2.75, 3.05) is 45.8 Å². The average molecular weight is 490 g/mol. The molecule has 0 spiro atoms. The molecule has 1 N–H and O–H groups in total. The molecule has 0 fully saturated rings. The number of ether oxygens (including phenoxy) is 2. The van der Waals surface area contributed by atoms with Crippen LogP contribution in [0.5, 0.6) is 5.75 Å². The van der Waals surface area contributed by atoms with Gasteiger partial charge in [0.2, 0.25) is 5.43 Å². The van der Waals surface area contributed by atoms with Crippen LogP contribution in [-0.4, -0.2) is 55.8 Å². The number of hydrogen-bond donors (Lipinski definition) is 1. The average Bonchev–Trinajstić information content (AvgIpc) is 2.91. The fraction of sp³-hybridized carbons (Fsp3) is 0.379. The van der Waals surface area contributed by atoms with Gasteiger partial charge in [-0.05, 0) is 17.5 Å². The number of benzene rings is 2. The van der Waals surface area contributed by atoms with Gasteiger partial charge < -0.3 is 24.3 Å². The van der Waals surface area contributed by atoms with E-state index in [-0.39, 0.29) is 29.0 Å². The number of hydrogen-bond acceptors (Lipinski definition) is 5. The van der Waals surface area contributed by atoms with E-state index in [9.17, 15) is 9.59 Å². The van der Waals surface area contributed by atoms with E-state index < -0.39 is 0 Å². The van der Waals surface area contributed by atoms with Gasteiger partial charge in [-0.25, -0.2) is 0 Å². The SMILES string of the molecule is CCCCOc1c2n(cc(NC)c1=O)[C@@H](C(c1ccccc1)c1ccccc1)CN(CCOC)C2=O. The predicted molar refractivity (Wildman–Crippen MR) is 142 cm³/mol. The number of methoxy groups -OCH3 is 1. The Balaban J connectivity index is 1.94. The lowest BCUT2D eigenvalue weighted by atomic mass is 9.83. The molecule has 7 nitrogen and oxygen atoms in total. The first kappa shape index (κ1) is 25.5. The molecule has 0 radical (unpaired) electrons.